The summed E-state index contributed by atoms with van der Waals surface area (Å²) in [5.74, 6) is 0.531. The van der Waals surface area contributed by atoms with Gasteiger partial charge in [0.05, 0.1) is 23.9 Å². The molecule has 39 heavy (non-hydrogen) atoms. The highest BCUT2D eigenvalue weighted by atomic mass is 16.3. The minimum Gasteiger partial charge on any atom is -0.392 e. The molecule has 0 radical (unpaired) electrons. The summed E-state index contributed by atoms with van der Waals surface area (Å²) in [4.78, 5) is 24.4. The zero-order valence-electron chi connectivity index (χ0n) is 21.4. The van der Waals surface area contributed by atoms with Gasteiger partial charge in [0.15, 0.2) is 0 Å². The van der Waals surface area contributed by atoms with Crippen LogP contribution in [-0.2, 0) is 18.4 Å². The topological polar surface area (TPSA) is 114 Å². The highest BCUT2D eigenvalue weighted by molar-refractivity contribution is 5.89. The Bertz CT molecular complexity index is 1570. The van der Waals surface area contributed by atoms with Crippen molar-refractivity contribution in [1.82, 2.24) is 14.9 Å². The lowest BCUT2D eigenvalue weighted by Gasteiger charge is -2.45. The van der Waals surface area contributed by atoms with E-state index in [-0.39, 0.29) is 18.1 Å². The van der Waals surface area contributed by atoms with Crippen LogP contribution in [0.5, 0.6) is 0 Å². The van der Waals surface area contributed by atoms with Crippen molar-refractivity contribution in [3.8, 4) is 17.3 Å². The number of aliphatic hydroxyl groups is 1. The molecule has 3 N–H and O–H groups in total. The van der Waals surface area contributed by atoms with E-state index in [2.05, 4.69) is 39.9 Å². The van der Waals surface area contributed by atoms with E-state index >= 15 is 0 Å². The van der Waals surface area contributed by atoms with Crippen LogP contribution in [0.15, 0.2) is 79.0 Å². The van der Waals surface area contributed by atoms with Crippen molar-refractivity contribution in [2.45, 2.75) is 31.3 Å². The zero-order chi connectivity index (χ0) is 26.8. The molecule has 2 heterocycles. The first-order chi connectivity index (χ1) is 19.1. The van der Waals surface area contributed by atoms with Crippen LogP contribution in [-0.4, -0.2) is 39.1 Å². The molecule has 8 nitrogen and oxygen atoms in total. The molecule has 1 aromatic heterocycles. The standard InChI is InChI=1S/C31H28N6O2/c32-18-22-4-3-5-25(16-22)35-30(39)37-14-12-31(13-15-37)17-23-19-33-29(34-24-10-8-21(20-38)9-11-24)36-28(23)26-6-1-2-7-27(26)31/h1-11,16,19,38H,12-15,17,20H2,(H,35,39)(H,33,34,36). The number of amides is 2. The Kier molecular flexibility index (Phi) is 6.43. The number of likely N-dealkylation sites (tertiary alicyclic amines) is 1. The van der Waals surface area contributed by atoms with Crippen molar-refractivity contribution >= 4 is 23.4 Å². The van der Waals surface area contributed by atoms with Crippen LogP contribution in [0.2, 0.25) is 0 Å². The van der Waals surface area contributed by atoms with E-state index in [1.165, 1.54) is 5.56 Å². The van der Waals surface area contributed by atoms with Crippen LogP contribution >= 0.6 is 0 Å². The Morgan fingerprint density at radius 1 is 1.03 bits per heavy atom. The summed E-state index contributed by atoms with van der Waals surface area (Å²) in [6.07, 6.45) is 4.43. The highest BCUT2D eigenvalue weighted by Gasteiger charge is 2.42. The van der Waals surface area contributed by atoms with E-state index in [1.54, 1.807) is 24.3 Å². The number of benzene rings is 3. The number of carbonyl (C=O) groups is 1. The van der Waals surface area contributed by atoms with Crippen molar-refractivity contribution in [3.05, 3.63) is 101 Å². The molecule has 6 rings (SSSR count). The number of urea groups is 1. The maximum Gasteiger partial charge on any atom is 0.321 e. The van der Waals surface area contributed by atoms with Crippen LogP contribution in [0.25, 0.3) is 11.3 Å². The number of piperidine rings is 1. The first-order valence-corrected chi connectivity index (χ1v) is 13.1. The second-order valence-electron chi connectivity index (χ2n) is 10.2. The summed E-state index contributed by atoms with van der Waals surface area (Å²) in [5, 5.41) is 24.7. The zero-order valence-corrected chi connectivity index (χ0v) is 21.4. The largest absolute Gasteiger partial charge is 0.392 e. The van der Waals surface area contributed by atoms with Gasteiger partial charge in [0, 0.05) is 41.6 Å². The molecule has 2 amide bonds. The van der Waals surface area contributed by atoms with Gasteiger partial charge in [-0.2, -0.15) is 5.26 Å². The number of anilines is 3. The second kappa shape index (κ2) is 10.2. The fourth-order valence-electron chi connectivity index (χ4n) is 5.72. The summed E-state index contributed by atoms with van der Waals surface area (Å²) < 4.78 is 0. The quantitative estimate of drug-likeness (QED) is 0.336. The lowest BCUT2D eigenvalue weighted by Crippen LogP contribution is -2.48. The van der Waals surface area contributed by atoms with E-state index in [0.717, 1.165) is 47.3 Å². The Balaban J connectivity index is 1.20. The highest BCUT2D eigenvalue weighted by Crippen LogP contribution is 2.48. The Labute approximate surface area is 227 Å². The molecule has 0 atom stereocenters. The molecule has 3 aromatic carbocycles. The van der Waals surface area contributed by atoms with Crippen molar-refractivity contribution in [3.63, 3.8) is 0 Å². The molecular formula is C31H28N6O2. The van der Waals surface area contributed by atoms with Crippen LogP contribution in [0, 0.1) is 11.3 Å². The van der Waals surface area contributed by atoms with Crippen LogP contribution in [0.4, 0.5) is 22.1 Å². The number of nitriles is 1. The van der Waals surface area contributed by atoms with Crippen LogP contribution in [0.3, 0.4) is 0 Å². The molecule has 8 heteroatoms. The monoisotopic (exact) mass is 516 g/mol. The molecular weight excluding hydrogens is 488 g/mol. The molecule has 1 aliphatic carbocycles. The van der Waals surface area contributed by atoms with Gasteiger partial charge in [-0.15, -0.1) is 0 Å². The van der Waals surface area contributed by atoms with E-state index < -0.39 is 0 Å². The fourth-order valence-corrected chi connectivity index (χ4v) is 5.72. The smallest absolute Gasteiger partial charge is 0.321 e. The van der Waals surface area contributed by atoms with Gasteiger partial charge < -0.3 is 20.6 Å². The molecule has 4 aromatic rings. The van der Waals surface area contributed by atoms with Crippen molar-refractivity contribution < 1.29 is 9.90 Å². The predicted octanol–water partition coefficient (Wildman–Crippen LogP) is 5.37. The fraction of sp³-hybridized carbons (Fsp3) is 0.226. The third-order valence-corrected chi connectivity index (χ3v) is 7.79. The first kappa shape index (κ1) is 24.6. The van der Waals surface area contributed by atoms with Crippen LogP contribution in [0.1, 0.15) is 35.1 Å². The number of hydrogen-bond acceptors (Lipinski definition) is 6. The molecule has 0 bridgehead atoms. The number of aliphatic hydroxyl groups excluding tert-OH is 1. The molecule has 1 aliphatic heterocycles. The molecule has 1 fully saturated rings. The number of rotatable bonds is 4. The van der Waals surface area contributed by atoms with Crippen molar-refractivity contribution in [2.75, 3.05) is 23.7 Å². The van der Waals surface area contributed by atoms with Gasteiger partial charge in [-0.3, -0.25) is 0 Å². The number of nitrogens with one attached hydrogen (secondary N) is 2. The summed E-state index contributed by atoms with van der Waals surface area (Å²) in [7, 11) is 0. The molecule has 1 spiro atoms. The van der Waals surface area contributed by atoms with Gasteiger partial charge >= 0.3 is 6.03 Å². The number of aromatic nitrogens is 2. The van der Waals surface area contributed by atoms with Gasteiger partial charge in [-0.25, -0.2) is 14.8 Å². The number of nitrogens with zero attached hydrogens (tertiary/aromatic N) is 4. The maximum absolute atomic E-state index is 13.0. The summed E-state index contributed by atoms with van der Waals surface area (Å²) >= 11 is 0. The molecule has 0 unspecified atom stereocenters. The summed E-state index contributed by atoms with van der Waals surface area (Å²) in [6.45, 7) is 1.28. The average molecular weight is 517 g/mol. The third-order valence-electron chi connectivity index (χ3n) is 7.79. The van der Waals surface area contributed by atoms with E-state index in [9.17, 15) is 9.90 Å². The first-order valence-electron chi connectivity index (χ1n) is 13.1. The summed E-state index contributed by atoms with van der Waals surface area (Å²) in [5.41, 5.74) is 7.21. The van der Waals surface area contributed by atoms with E-state index in [0.29, 0.717) is 30.3 Å². The lowest BCUT2D eigenvalue weighted by atomic mass is 9.64. The van der Waals surface area contributed by atoms with E-state index in [4.69, 9.17) is 10.2 Å². The van der Waals surface area contributed by atoms with Gasteiger partial charge in [-0.05, 0) is 66.3 Å². The summed E-state index contributed by atoms with van der Waals surface area (Å²) in [6, 6.07) is 24.9. The maximum atomic E-state index is 13.0. The minimum absolute atomic E-state index is 0.00675. The predicted molar refractivity (Wildman–Crippen MR) is 149 cm³/mol. The normalized spacial score (nSPS) is 15.1. The van der Waals surface area contributed by atoms with Crippen molar-refractivity contribution in [2.24, 2.45) is 0 Å². The van der Waals surface area contributed by atoms with Gasteiger partial charge in [0.1, 0.15) is 0 Å². The minimum atomic E-state index is -0.143. The molecule has 194 valence electrons. The van der Waals surface area contributed by atoms with Crippen LogP contribution < -0.4 is 10.6 Å². The lowest BCUT2D eigenvalue weighted by molar-refractivity contribution is 0.166. The average Bonchev–Trinajstić information content (AvgIpc) is 2.98. The van der Waals surface area contributed by atoms with E-state index in [1.807, 2.05) is 41.4 Å². The second-order valence-corrected chi connectivity index (χ2v) is 10.2. The third kappa shape index (κ3) is 4.80. The number of hydrogen-bond donors (Lipinski definition) is 3. The Morgan fingerprint density at radius 3 is 2.59 bits per heavy atom. The number of fused-ring (bicyclic) bond motifs is 4. The molecule has 1 saturated heterocycles. The molecule has 0 saturated carbocycles. The van der Waals surface area contributed by atoms with Crippen molar-refractivity contribution in [1.29, 1.82) is 5.26 Å². The number of carbonyl (C=O) groups excluding carboxylic acids is 1. The van der Waals surface area contributed by atoms with Gasteiger partial charge in [-0.1, -0.05) is 42.5 Å². The SMILES string of the molecule is N#Cc1cccc(NC(=O)N2CCC3(CC2)Cc2cnc(Nc4ccc(CO)cc4)nc2-c2ccccc23)c1. The Hall–Kier alpha value is -4.74. The van der Waals surface area contributed by atoms with Gasteiger partial charge in [0.25, 0.3) is 0 Å². The Morgan fingerprint density at radius 2 is 1.82 bits per heavy atom. The van der Waals surface area contributed by atoms with Gasteiger partial charge in [0.2, 0.25) is 5.95 Å². The molecule has 2 aliphatic rings.